The minimum atomic E-state index is 0. The normalized spacial score (nSPS) is 13.5. The Kier molecular flexibility index (Phi) is 8.82. The monoisotopic (exact) mass is 906 g/mol. The molecule has 6 heteroatoms. The molecule has 0 atom stereocenters. The van der Waals surface area contributed by atoms with Gasteiger partial charge in [0, 0.05) is 39.6 Å². The molecular weight excluding hydrogens is 866 g/mol. The molecule has 0 saturated carbocycles. The van der Waals surface area contributed by atoms with Crippen molar-refractivity contribution >= 4 is 67.3 Å². The van der Waals surface area contributed by atoms with Gasteiger partial charge in [0.1, 0.15) is 0 Å². The molecule has 0 N–H and O–H groups in total. The third-order valence-electron chi connectivity index (χ3n) is 11.1. The second-order valence-corrected chi connectivity index (χ2v) is 15.1. The maximum atomic E-state index is 3.91. The molecule has 0 spiro atoms. The molecule has 276 valence electrons. The Balaban J connectivity index is 0.00000410. The molecule has 56 heavy (non-hydrogen) atoms. The number of nitrogens with zero attached hydrogens (tertiary/aromatic N) is 5. The number of para-hydroxylation sites is 5. The van der Waals surface area contributed by atoms with Crippen LogP contribution in [0.2, 0.25) is 0 Å². The third kappa shape index (κ3) is 5.63. The smallest absolute Gasteiger partial charge is 0.493 e. The quantitative estimate of drug-likeness (QED) is 0.160. The number of benzene rings is 7. The first-order valence-electron chi connectivity index (χ1n) is 18.9. The van der Waals surface area contributed by atoms with Crippen LogP contribution in [0.5, 0.6) is 0 Å². The molecule has 1 aromatic heterocycles. The molecule has 2 aliphatic heterocycles. The summed E-state index contributed by atoms with van der Waals surface area (Å²) < 4.78 is 2.32. The van der Waals surface area contributed by atoms with Crippen LogP contribution in [0.4, 0.5) is 45.5 Å². The van der Waals surface area contributed by atoms with E-state index in [-0.39, 0.29) is 21.1 Å². The molecule has 10 rings (SSSR count). The zero-order valence-electron chi connectivity index (χ0n) is 32.3. The summed E-state index contributed by atoms with van der Waals surface area (Å²) in [5.74, 6) is 0. The molecule has 3 heterocycles. The van der Waals surface area contributed by atoms with Gasteiger partial charge in [0.05, 0.1) is 0 Å². The molecule has 0 aliphatic carbocycles. The Morgan fingerprint density at radius 2 is 0.857 bits per heavy atom. The van der Waals surface area contributed by atoms with E-state index in [2.05, 4.69) is 219 Å². The van der Waals surface area contributed by atoms with E-state index in [1.807, 2.05) is 0 Å². The number of fused-ring (bicyclic) bond motifs is 5. The average Bonchev–Trinajstić information content (AvgIpc) is 3.84. The Bertz CT molecular complexity index is 2790. The van der Waals surface area contributed by atoms with Gasteiger partial charge in [0.2, 0.25) is 0 Å². The van der Waals surface area contributed by atoms with Gasteiger partial charge in [-0.3, -0.25) is 0 Å². The largest absolute Gasteiger partial charge is 4.00 e. The number of aromatic nitrogens is 1. The number of hydrogen-bond donors (Lipinski definition) is 0. The predicted molar refractivity (Wildman–Crippen MR) is 230 cm³/mol. The fourth-order valence-corrected chi connectivity index (χ4v) is 9.06. The van der Waals surface area contributed by atoms with Crippen LogP contribution in [0.3, 0.4) is 0 Å². The summed E-state index contributed by atoms with van der Waals surface area (Å²) in [4.78, 5) is 9.20. The summed E-state index contributed by atoms with van der Waals surface area (Å²) in [6, 6.07) is 53.6. The van der Waals surface area contributed by atoms with Gasteiger partial charge in [-0.05, 0) is 99.5 Å². The Labute approximate surface area is 344 Å². The fraction of sp³-hybridized carbons (Fsp3) is 0.120. The van der Waals surface area contributed by atoms with E-state index >= 15 is 0 Å². The number of anilines is 8. The van der Waals surface area contributed by atoms with E-state index in [9.17, 15) is 0 Å². The number of rotatable bonds is 5. The summed E-state index contributed by atoms with van der Waals surface area (Å²) >= 11 is 0. The second kappa shape index (κ2) is 13.8. The van der Waals surface area contributed by atoms with Crippen molar-refractivity contribution in [2.45, 2.75) is 41.5 Å². The molecule has 0 amide bonds. The fourth-order valence-electron chi connectivity index (χ4n) is 9.06. The third-order valence-corrected chi connectivity index (χ3v) is 11.1. The van der Waals surface area contributed by atoms with Gasteiger partial charge in [-0.1, -0.05) is 89.1 Å². The van der Waals surface area contributed by atoms with Crippen molar-refractivity contribution in [2.24, 2.45) is 0 Å². The van der Waals surface area contributed by atoms with Gasteiger partial charge in [0.15, 0.2) is 0 Å². The first-order valence-corrected chi connectivity index (χ1v) is 18.9. The standard InChI is InChI=1S/C50H41N5.Pt/c1-32-24-34(3)49(35(4)25-32)53-30-51(44-18-9-11-20-46(44)53)38-14-13-15-40(28-38)55-43-17-8-7-16-41(43)42-23-22-39(29-48(42)55)52-31-54(47-21-12-10-19-45(47)52)50-36(5)26-33(2)27-37(50)6;/h7-27,30-31H,1-6H3;/q-4;+4. The summed E-state index contributed by atoms with van der Waals surface area (Å²) in [6.07, 6.45) is 0. The maximum Gasteiger partial charge on any atom is 4.00 e. The van der Waals surface area contributed by atoms with Crippen molar-refractivity contribution in [3.8, 4) is 5.69 Å². The number of aryl methyl sites for hydroxylation is 6. The van der Waals surface area contributed by atoms with Crippen molar-refractivity contribution in [3.05, 3.63) is 186 Å². The molecule has 8 aromatic rings. The molecule has 5 nitrogen and oxygen atoms in total. The van der Waals surface area contributed by atoms with Gasteiger partial charge in [-0.25, -0.2) is 0 Å². The average molecular weight is 907 g/mol. The van der Waals surface area contributed by atoms with E-state index in [4.69, 9.17) is 0 Å². The Morgan fingerprint density at radius 3 is 1.39 bits per heavy atom. The van der Waals surface area contributed by atoms with Crippen LogP contribution in [0.25, 0.3) is 27.5 Å². The van der Waals surface area contributed by atoms with Crippen molar-refractivity contribution in [3.63, 3.8) is 0 Å². The Hall–Kier alpha value is -5.77. The second-order valence-electron chi connectivity index (χ2n) is 15.1. The molecule has 0 bridgehead atoms. The van der Waals surface area contributed by atoms with Gasteiger partial charge in [0.25, 0.3) is 0 Å². The molecule has 7 aromatic carbocycles. The van der Waals surface area contributed by atoms with Crippen LogP contribution in [0.1, 0.15) is 33.4 Å². The Morgan fingerprint density at radius 1 is 0.411 bits per heavy atom. The first-order chi connectivity index (χ1) is 26.7. The van der Waals surface area contributed by atoms with E-state index in [1.165, 1.54) is 50.1 Å². The first kappa shape index (κ1) is 35.9. The van der Waals surface area contributed by atoms with Crippen molar-refractivity contribution in [1.29, 1.82) is 0 Å². The van der Waals surface area contributed by atoms with E-state index in [1.54, 1.807) is 0 Å². The van der Waals surface area contributed by atoms with Gasteiger partial charge < -0.3 is 24.2 Å². The van der Waals surface area contributed by atoms with Gasteiger partial charge in [-0.15, -0.1) is 60.4 Å². The minimum absolute atomic E-state index is 0. The molecule has 0 unspecified atom stereocenters. The summed E-state index contributed by atoms with van der Waals surface area (Å²) in [5.41, 5.74) is 19.6. The van der Waals surface area contributed by atoms with E-state index in [0.29, 0.717) is 0 Å². The van der Waals surface area contributed by atoms with Crippen LogP contribution in [0, 0.1) is 67.0 Å². The van der Waals surface area contributed by atoms with Crippen LogP contribution >= 0.6 is 0 Å². The molecule has 0 radical (unpaired) electrons. The predicted octanol–water partition coefficient (Wildman–Crippen LogP) is 13.1. The minimum Gasteiger partial charge on any atom is -0.493 e. The molecular formula is C50H41N5Pt. The van der Waals surface area contributed by atoms with Crippen molar-refractivity contribution in [2.75, 3.05) is 19.6 Å². The van der Waals surface area contributed by atoms with Gasteiger partial charge in [-0.2, -0.15) is 12.1 Å². The SMILES string of the molecule is Cc1cc(C)c(N2[CH-]N(c3[c-]c(-n4c5[c-]c(N6[CH-]N(c7c(C)cc(C)cc7C)c7ccccc76)ccc5c5ccccc54)ccc3)c3ccccc32)c(C)c1.[Pt+4]. The zero-order chi connectivity index (χ0) is 37.5. The summed E-state index contributed by atoms with van der Waals surface area (Å²) in [6.45, 7) is 17.6. The maximum absolute atomic E-state index is 3.91. The van der Waals surface area contributed by atoms with Gasteiger partial charge >= 0.3 is 21.1 Å². The van der Waals surface area contributed by atoms with Crippen molar-refractivity contribution < 1.29 is 21.1 Å². The van der Waals surface area contributed by atoms with Crippen LogP contribution in [0.15, 0.2) is 127 Å². The topological polar surface area (TPSA) is 17.9 Å². The zero-order valence-corrected chi connectivity index (χ0v) is 34.6. The molecule has 0 fully saturated rings. The van der Waals surface area contributed by atoms with Crippen LogP contribution in [-0.4, -0.2) is 4.57 Å². The summed E-state index contributed by atoms with van der Waals surface area (Å²) in [7, 11) is 0. The van der Waals surface area contributed by atoms with E-state index < -0.39 is 0 Å². The van der Waals surface area contributed by atoms with Crippen LogP contribution < -0.4 is 19.6 Å². The van der Waals surface area contributed by atoms with E-state index in [0.717, 1.165) is 56.2 Å². The molecule has 2 aliphatic rings. The van der Waals surface area contributed by atoms with Crippen LogP contribution in [-0.2, 0) is 21.1 Å². The number of hydrogen-bond acceptors (Lipinski definition) is 4. The molecule has 0 saturated heterocycles. The van der Waals surface area contributed by atoms with Crippen molar-refractivity contribution in [1.82, 2.24) is 4.57 Å². The summed E-state index contributed by atoms with van der Waals surface area (Å²) in [5, 5.41) is 2.34.